The molecule has 0 atom stereocenters. The van der Waals surface area contributed by atoms with Gasteiger partial charge in [-0.15, -0.1) is 0 Å². The minimum Gasteiger partial charge on any atom is -0.488 e. The van der Waals surface area contributed by atoms with Gasteiger partial charge in [-0.25, -0.2) is 0 Å². The first kappa shape index (κ1) is 9.77. The Kier molecular flexibility index (Phi) is 3.06. The molecular formula is C9H14N2O2. The molecule has 72 valence electrons. The Hall–Kier alpha value is -1.32. The van der Waals surface area contributed by atoms with Gasteiger partial charge in [0.05, 0.1) is 25.0 Å². The number of nitrogens with zero attached hydrogens (tertiary/aromatic N) is 2. The largest absolute Gasteiger partial charge is 0.488 e. The second kappa shape index (κ2) is 4.07. The van der Waals surface area contributed by atoms with Gasteiger partial charge in [0.25, 0.3) is 0 Å². The normalized spacial score (nSPS) is 10.5. The highest BCUT2D eigenvalue weighted by atomic mass is 16.5. The predicted molar refractivity (Wildman–Crippen MR) is 48.7 cm³/mol. The third-order valence-electron chi connectivity index (χ3n) is 1.37. The summed E-state index contributed by atoms with van der Waals surface area (Å²) in [5.74, 6) is 0.787. The molecule has 1 aromatic rings. The van der Waals surface area contributed by atoms with Crippen LogP contribution in [0.3, 0.4) is 0 Å². The zero-order valence-electron chi connectivity index (χ0n) is 8.15. The van der Waals surface area contributed by atoms with Gasteiger partial charge in [0.15, 0.2) is 11.5 Å². The lowest BCUT2D eigenvalue weighted by Gasteiger charge is -2.05. The van der Waals surface area contributed by atoms with Crippen LogP contribution in [0.4, 0.5) is 0 Å². The van der Waals surface area contributed by atoms with Gasteiger partial charge in [-0.2, -0.15) is 5.10 Å². The molecule has 0 aliphatic heterocycles. The molecule has 0 unspecified atom stereocenters. The van der Waals surface area contributed by atoms with Crippen LogP contribution in [0, 0.1) is 0 Å². The maximum atomic E-state index is 10.7. The van der Waals surface area contributed by atoms with Gasteiger partial charge in [0, 0.05) is 0 Å². The zero-order valence-corrected chi connectivity index (χ0v) is 8.15. The van der Waals surface area contributed by atoms with E-state index in [4.69, 9.17) is 4.74 Å². The molecule has 0 saturated heterocycles. The maximum Gasteiger partial charge on any atom is 0.157 e. The Bertz CT molecular complexity index is 292. The Morgan fingerprint density at radius 3 is 2.92 bits per heavy atom. The lowest BCUT2D eigenvalue weighted by Crippen LogP contribution is -2.07. The number of carbonyl (C=O) groups excluding carboxylic acids is 1. The van der Waals surface area contributed by atoms with E-state index in [1.54, 1.807) is 17.1 Å². The molecule has 0 aliphatic rings. The number of hydrogen-bond acceptors (Lipinski definition) is 3. The fraction of sp³-hybridized carbons (Fsp3) is 0.556. The Morgan fingerprint density at radius 2 is 2.38 bits per heavy atom. The number of Topliss-reactive ketones (excluding diaryl/α,β-unsaturated/α-hetero) is 1. The highest BCUT2D eigenvalue weighted by Gasteiger charge is 2.02. The highest BCUT2D eigenvalue weighted by molar-refractivity contribution is 5.75. The van der Waals surface area contributed by atoms with Gasteiger partial charge in [0.2, 0.25) is 0 Å². The molecule has 1 aromatic heterocycles. The summed E-state index contributed by atoms with van der Waals surface area (Å²) in [7, 11) is 0. The summed E-state index contributed by atoms with van der Waals surface area (Å²) in [4.78, 5) is 10.7. The molecule has 1 heterocycles. The van der Waals surface area contributed by atoms with Gasteiger partial charge in [0.1, 0.15) is 0 Å². The lowest BCUT2D eigenvalue weighted by atomic mass is 10.4. The van der Waals surface area contributed by atoms with Gasteiger partial charge in [-0.1, -0.05) is 0 Å². The molecular weight excluding hydrogens is 168 g/mol. The summed E-state index contributed by atoms with van der Waals surface area (Å²) >= 11 is 0. The van der Waals surface area contributed by atoms with Crippen molar-refractivity contribution in [3.05, 3.63) is 12.4 Å². The second-order valence-corrected chi connectivity index (χ2v) is 3.24. The molecule has 0 N–H and O–H groups in total. The van der Waals surface area contributed by atoms with Crippen molar-refractivity contribution in [2.24, 2.45) is 0 Å². The number of rotatable bonds is 4. The van der Waals surface area contributed by atoms with E-state index in [1.165, 1.54) is 6.92 Å². The molecule has 4 nitrogen and oxygen atoms in total. The average Bonchev–Trinajstić information content (AvgIpc) is 2.33. The molecule has 0 spiro atoms. The fourth-order valence-corrected chi connectivity index (χ4v) is 0.992. The monoisotopic (exact) mass is 182 g/mol. The summed E-state index contributed by atoms with van der Waals surface area (Å²) in [5.41, 5.74) is 0. The van der Waals surface area contributed by atoms with E-state index in [2.05, 4.69) is 5.10 Å². The van der Waals surface area contributed by atoms with Gasteiger partial charge >= 0.3 is 0 Å². The third-order valence-corrected chi connectivity index (χ3v) is 1.37. The fourth-order valence-electron chi connectivity index (χ4n) is 0.992. The topological polar surface area (TPSA) is 44.1 Å². The van der Waals surface area contributed by atoms with Crippen LogP contribution in [-0.2, 0) is 11.3 Å². The Balaban J connectivity index is 2.58. The number of ether oxygens (including phenoxy) is 1. The number of carbonyl (C=O) groups is 1. The molecule has 0 amide bonds. The predicted octanol–water partition coefficient (Wildman–Crippen LogP) is 1.26. The molecule has 0 bridgehead atoms. The number of aromatic nitrogens is 2. The van der Waals surface area contributed by atoms with Crippen molar-refractivity contribution in [1.29, 1.82) is 0 Å². The summed E-state index contributed by atoms with van der Waals surface area (Å²) in [5, 5.41) is 3.98. The summed E-state index contributed by atoms with van der Waals surface area (Å²) < 4.78 is 6.95. The van der Waals surface area contributed by atoms with E-state index in [0.29, 0.717) is 12.3 Å². The van der Waals surface area contributed by atoms with E-state index in [-0.39, 0.29) is 11.9 Å². The summed E-state index contributed by atoms with van der Waals surface area (Å²) in [6.45, 7) is 5.73. The van der Waals surface area contributed by atoms with Crippen molar-refractivity contribution in [1.82, 2.24) is 9.78 Å². The van der Waals surface area contributed by atoms with E-state index in [9.17, 15) is 4.79 Å². The standard InChI is InChI=1S/C9H14N2O2/c1-7(2)13-9-4-10-11(6-9)5-8(3)12/h4,6-7H,5H2,1-3H3. The van der Waals surface area contributed by atoms with Crippen LogP contribution >= 0.6 is 0 Å². The van der Waals surface area contributed by atoms with Crippen LogP contribution in [0.5, 0.6) is 5.75 Å². The highest BCUT2D eigenvalue weighted by Crippen LogP contribution is 2.09. The van der Waals surface area contributed by atoms with Crippen LogP contribution in [-0.4, -0.2) is 21.7 Å². The average molecular weight is 182 g/mol. The van der Waals surface area contributed by atoms with Crippen LogP contribution in [0.25, 0.3) is 0 Å². The number of hydrogen-bond donors (Lipinski definition) is 0. The van der Waals surface area contributed by atoms with Gasteiger partial charge in [-0.3, -0.25) is 9.48 Å². The summed E-state index contributed by atoms with van der Waals surface area (Å²) in [6.07, 6.45) is 3.47. The molecule has 13 heavy (non-hydrogen) atoms. The summed E-state index contributed by atoms with van der Waals surface area (Å²) in [6, 6.07) is 0. The molecule has 0 saturated carbocycles. The first-order valence-corrected chi connectivity index (χ1v) is 4.26. The smallest absolute Gasteiger partial charge is 0.157 e. The van der Waals surface area contributed by atoms with Crippen molar-refractivity contribution in [2.45, 2.75) is 33.4 Å². The van der Waals surface area contributed by atoms with Crippen LogP contribution < -0.4 is 4.74 Å². The van der Waals surface area contributed by atoms with E-state index in [1.807, 2.05) is 13.8 Å². The molecule has 0 aromatic carbocycles. The van der Waals surface area contributed by atoms with Crippen molar-refractivity contribution in [3.8, 4) is 5.75 Å². The molecule has 0 aliphatic carbocycles. The van der Waals surface area contributed by atoms with E-state index >= 15 is 0 Å². The van der Waals surface area contributed by atoms with E-state index in [0.717, 1.165) is 0 Å². The van der Waals surface area contributed by atoms with Gasteiger partial charge < -0.3 is 4.74 Å². The van der Waals surface area contributed by atoms with Gasteiger partial charge in [-0.05, 0) is 20.8 Å². The quantitative estimate of drug-likeness (QED) is 0.704. The lowest BCUT2D eigenvalue weighted by molar-refractivity contribution is -0.117. The second-order valence-electron chi connectivity index (χ2n) is 3.24. The minimum absolute atomic E-state index is 0.0826. The SMILES string of the molecule is CC(=O)Cn1cc(OC(C)C)cn1. The minimum atomic E-state index is 0.0826. The first-order chi connectivity index (χ1) is 6.08. The Labute approximate surface area is 77.5 Å². The van der Waals surface area contributed by atoms with Crippen molar-refractivity contribution < 1.29 is 9.53 Å². The van der Waals surface area contributed by atoms with Crippen LogP contribution in [0.2, 0.25) is 0 Å². The Morgan fingerprint density at radius 1 is 1.69 bits per heavy atom. The van der Waals surface area contributed by atoms with Crippen molar-refractivity contribution in [3.63, 3.8) is 0 Å². The molecule has 1 rings (SSSR count). The van der Waals surface area contributed by atoms with Crippen molar-refractivity contribution >= 4 is 5.78 Å². The van der Waals surface area contributed by atoms with Crippen LogP contribution in [0.15, 0.2) is 12.4 Å². The number of ketones is 1. The third kappa shape index (κ3) is 3.27. The maximum absolute atomic E-state index is 10.7. The molecule has 4 heteroatoms. The molecule has 0 fully saturated rings. The van der Waals surface area contributed by atoms with Crippen molar-refractivity contribution in [2.75, 3.05) is 0 Å². The first-order valence-electron chi connectivity index (χ1n) is 4.26. The van der Waals surface area contributed by atoms with E-state index < -0.39 is 0 Å². The zero-order chi connectivity index (χ0) is 9.84. The van der Waals surface area contributed by atoms with Crippen LogP contribution in [0.1, 0.15) is 20.8 Å². The molecule has 0 radical (unpaired) electrons.